The molecule has 1 saturated heterocycles. The summed E-state index contributed by atoms with van der Waals surface area (Å²) in [6.45, 7) is 2.34. The summed E-state index contributed by atoms with van der Waals surface area (Å²) in [5.74, 6) is 1.78. The molecule has 2 unspecified atom stereocenters. The first-order chi connectivity index (χ1) is 10.5. The van der Waals surface area contributed by atoms with Crippen molar-refractivity contribution in [3.63, 3.8) is 0 Å². The van der Waals surface area contributed by atoms with E-state index in [0.717, 1.165) is 0 Å². The highest BCUT2D eigenvalue weighted by Gasteiger charge is 2.33. The molecular formula is C15H19NO4S2. The van der Waals surface area contributed by atoms with Gasteiger partial charge in [0.2, 0.25) is 0 Å². The third kappa shape index (κ3) is 4.04. The predicted molar refractivity (Wildman–Crippen MR) is 89.9 cm³/mol. The number of thiocarbonyl (C=S) groups is 1. The number of hydrogen-bond donors (Lipinski definition) is 0. The maximum absolute atomic E-state index is 12.2. The van der Waals surface area contributed by atoms with E-state index < -0.39 is 10.8 Å². The van der Waals surface area contributed by atoms with Gasteiger partial charge in [-0.25, -0.2) is 0 Å². The van der Waals surface area contributed by atoms with Crippen LogP contribution >= 0.6 is 12.2 Å². The Bertz CT molecular complexity index is 591. The van der Waals surface area contributed by atoms with Crippen LogP contribution in [0, 0.1) is 0 Å². The molecule has 0 spiro atoms. The van der Waals surface area contributed by atoms with Gasteiger partial charge in [0.15, 0.2) is 11.5 Å². The van der Waals surface area contributed by atoms with Gasteiger partial charge in [-0.2, -0.15) is 0 Å². The molecule has 0 aromatic heterocycles. The van der Waals surface area contributed by atoms with Gasteiger partial charge >= 0.3 is 0 Å². The van der Waals surface area contributed by atoms with Crippen molar-refractivity contribution in [1.82, 2.24) is 4.90 Å². The summed E-state index contributed by atoms with van der Waals surface area (Å²) in [7, 11) is 0.527. The topological polar surface area (TPSA) is 55.8 Å². The van der Waals surface area contributed by atoms with Crippen LogP contribution in [0.4, 0.5) is 0 Å². The minimum atomic E-state index is -1.05. The van der Waals surface area contributed by atoms with Gasteiger partial charge in [0.25, 0.3) is 0 Å². The second-order valence-electron chi connectivity index (χ2n) is 4.97. The monoisotopic (exact) mass is 341 g/mol. The first kappa shape index (κ1) is 16.9. The summed E-state index contributed by atoms with van der Waals surface area (Å²) >= 11 is 5.29. The Balaban J connectivity index is 2.04. The van der Waals surface area contributed by atoms with Crippen LogP contribution in [0.1, 0.15) is 13.3 Å². The molecule has 0 amide bonds. The Kier molecular flexibility index (Phi) is 5.90. The number of carbonyl (C=O) groups excluding carboxylic acids is 1. The Morgan fingerprint density at radius 3 is 2.73 bits per heavy atom. The van der Waals surface area contributed by atoms with Gasteiger partial charge < -0.3 is 14.4 Å². The molecular weight excluding hydrogens is 322 g/mol. The second kappa shape index (κ2) is 7.69. The predicted octanol–water partition coefficient (Wildman–Crippen LogP) is 1.77. The fourth-order valence-corrected chi connectivity index (χ4v) is 4.15. The summed E-state index contributed by atoms with van der Waals surface area (Å²) in [4.78, 5) is 13.6. The molecule has 0 saturated carbocycles. The van der Waals surface area contributed by atoms with E-state index in [2.05, 4.69) is 0 Å². The van der Waals surface area contributed by atoms with Crippen molar-refractivity contribution in [2.75, 3.05) is 26.0 Å². The van der Waals surface area contributed by atoms with Gasteiger partial charge in [0, 0.05) is 23.1 Å². The van der Waals surface area contributed by atoms with E-state index in [4.69, 9.17) is 21.7 Å². The molecule has 1 aliphatic rings. The third-order valence-electron chi connectivity index (χ3n) is 3.36. The molecule has 1 aliphatic heterocycles. The fraction of sp³-hybridized carbons (Fsp3) is 0.467. The van der Waals surface area contributed by atoms with E-state index in [1.807, 2.05) is 17.0 Å². The Morgan fingerprint density at radius 2 is 2.09 bits per heavy atom. The van der Waals surface area contributed by atoms with Gasteiger partial charge in [-0.3, -0.25) is 9.00 Å². The molecule has 7 heteroatoms. The van der Waals surface area contributed by atoms with Crippen molar-refractivity contribution in [3.8, 4) is 11.5 Å². The average Bonchev–Trinajstić information content (AvgIpc) is 2.86. The van der Waals surface area contributed by atoms with Crippen LogP contribution in [-0.4, -0.2) is 51.3 Å². The number of benzene rings is 1. The quantitative estimate of drug-likeness (QED) is 0.735. The lowest BCUT2D eigenvalue weighted by Gasteiger charge is -2.25. The van der Waals surface area contributed by atoms with Crippen molar-refractivity contribution in [3.05, 3.63) is 24.3 Å². The summed E-state index contributed by atoms with van der Waals surface area (Å²) < 4.78 is 23.2. The average molecular weight is 341 g/mol. The van der Waals surface area contributed by atoms with E-state index in [0.29, 0.717) is 28.8 Å². The molecule has 1 heterocycles. The van der Waals surface area contributed by atoms with Crippen molar-refractivity contribution in [2.45, 2.75) is 18.7 Å². The molecule has 0 radical (unpaired) electrons. The summed E-state index contributed by atoms with van der Waals surface area (Å²) in [6.07, 6.45) is 0.206. The number of rotatable bonds is 6. The van der Waals surface area contributed by atoms with Crippen molar-refractivity contribution in [2.24, 2.45) is 0 Å². The standard InChI is InChI=1S/C15H19NO4S2/c1-11(17)9-14(21)16-7-8-22(18)15(16)10-20-13-6-4-3-5-12(13)19-2/h3-6,15H,7-10H2,1-2H3. The Labute approximate surface area is 138 Å². The van der Waals surface area contributed by atoms with Crippen LogP contribution in [-0.2, 0) is 15.6 Å². The lowest BCUT2D eigenvalue weighted by Crippen LogP contribution is -2.40. The van der Waals surface area contributed by atoms with E-state index in [1.165, 1.54) is 6.92 Å². The van der Waals surface area contributed by atoms with Crippen LogP contribution in [0.3, 0.4) is 0 Å². The molecule has 1 fully saturated rings. The number of nitrogens with zero attached hydrogens (tertiary/aromatic N) is 1. The number of para-hydroxylation sites is 2. The Morgan fingerprint density at radius 1 is 1.41 bits per heavy atom. The molecule has 120 valence electrons. The second-order valence-corrected chi connectivity index (χ2v) is 7.15. The van der Waals surface area contributed by atoms with Gasteiger partial charge in [-0.05, 0) is 19.1 Å². The number of hydrogen-bond acceptors (Lipinski definition) is 5. The number of ketones is 1. The van der Waals surface area contributed by atoms with Crippen LogP contribution in [0.25, 0.3) is 0 Å². The lowest BCUT2D eigenvalue weighted by atomic mass is 10.3. The van der Waals surface area contributed by atoms with Gasteiger partial charge in [0.05, 0.1) is 18.5 Å². The number of Topliss-reactive ketones (excluding diaryl/α,β-unsaturated/α-hetero) is 1. The number of methoxy groups -OCH3 is 1. The molecule has 0 bridgehead atoms. The minimum Gasteiger partial charge on any atom is -0.493 e. The first-order valence-electron chi connectivity index (χ1n) is 6.95. The normalized spacial score (nSPS) is 20.7. The molecule has 1 aromatic carbocycles. The highest BCUT2D eigenvalue weighted by Crippen LogP contribution is 2.27. The van der Waals surface area contributed by atoms with Gasteiger partial charge in [-0.1, -0.05) is 24.4 Å². The van der Waals surface area contributed by atoms with Crippen LogP contribution in [0.15, 0.2) is 24.3 Å². The SMILES string of the molecule is COc1ccccc1OCC1N(C(=S)CC(C)=O)CCS1=O. The van der Waals surface area contributed by atoms with Crippen LogP contribution in [0.5, 0.6) is 11.5 Å². The molecule has 2 rings (SSSR count). The minimum absolute atomic E-state index is 0.00655. The van der Waals surface area contributed by atoms with Crippen molar-refractivity contribution >= 4 is 33.8 Å². The zero-order valence-corrected chi connectivity index (χ0v) is 14.2. The fourth-order valence-electron chi connectivity index (χ4n) is 2.28. The highest BCUT2D eigenvalue weighted by atomic mass is 32.2. The third-order valence-corrected chi connectivity index (χ3v) is 5.32. The number of ether oxygens (including phenoxy) is 2. The zero-order chi connectivity index (χ0) is 16.1. The maximum Gasteiger partial charge on any atom is 0.161 e. The lowest BCUT2D eigenvalue weighted by molar-refractivity contribution is -0.115. The van der Waals surface area contributed by atoms with E-state index in [1.54, 1.807) is 19.2 Å². The van der Waals surface area contributed by atoms with E-state index in [9.17, 15) is 9.00 Å². The molecule has 2 atom stereocenters. The maximum atomic E-state index is 12.2. The van der Waals surface area contributed by atoms with Crippen molar-refractivity contribution < 1.29 is 18.5 Å². The molecule has 5 nitrogen and oxygen atoms in total. The molecule has 1 aromatic rings. The van der Waals surface area contributed by atoms with Gasteiger partial charge in [0.1, 0.15) is 17.8 Å². The Hall–Kier alpha value is -1.47. The number of carbonyl (C=O) groups is 1. The zero-order valence-electron chi connectivity index (χ0n) is 12.6. The van der Waals surface area contributed by atoms with E-state index >= 15 is 0 Å². The van der Waals surface area contributed by atoms with Gasteiger partial charge in [-0.15, -0.1) is 0 Å². The highest BCUT2D eigenvalue weighted by molar-refractivity contribution is 7.86. The van der Waals surface area contributed by atoms with E-state index in [-0.39, 0.29) is 24.2 Å². The summed E-state index contributed by atoms with van der Waals surface area (Å²) in [5, 5.41) is -0.322. The molecule has 0 N–H and O–H groups in total. The molecule has 0 aliphatic carbocycles. The first-order valence-corrected chi connectivity index (χ1v) is 8.74. The van der Waals surface area contributed by atoms with Crippen LogP contribution in [0.2, 0.25) is 0 Å². The summed E-state index contributed by atoms with van der Waals surface area (Å²) in [6, 6.07) is 7.31. The smallest absolute Gasteiger partial charge is 0.161 e. The van der Waals surface area contributed by atoms with Crippen LogP contribution < -0.4 is 9.47 Å². The van der Waals surface area contributed by atoms with Crippen molar-refractivity contribution in [1.29, 1.82) is 0 Å². The molecule has 22 heavy (non-hydrogen) atoms. The summed E-state index contributed by atoms with van der Waals surface area (Å²) in [5.41, 5.74) is 0. The largest absolute Gasteiger partial charge is 0.493 e.